The van der Waals surface area contributed by atoms with Crippen molar-refractivity contribution in [3.63, 3.8) is 0 Å². The molecule has 3 aromatic rings. The number of amides is 2. The number of nitrogens with one attached hydrogen (secondary N) is 1. The first-order valence-electron chi connectivity index (χ1n) is 12.5. The molecule has 7 nitrogen and oxygen atoms in total. The zero-order valence-corrected chi connectivity index (χ0v) is 22.5. The minimum absolute atomic E-state index is 0.00843. The smallest absolute Gasteiger partial charge is 0.247 e. The van der Waals surface area contributed by atoms with E-state index in [1.807, 2.05) is 19.1 Å². The highest BCUT2D eigenvalue weighted by molar-refractivity contribution is 7.88. The Hall–Kier alpha value is -3.56. The lowest BCUT2D eigenvalue weighted by molar-refractivity contribution is -0.141. The van der Waals surface area contributed by atoms with E-state index in [-0.39, 0.29) is 19.0 Å². The fourth-order valence-electron chi connectivity index (χ4n) is 4.02. The third-order valence-electron chi connectivity index (χ3n) is 6.07. The molecule has 0 aliphatic rings. The fraction of sp³-hybridized carbons (Fsp3) is 0.310. The molecule has 0 heterocycles. The molecule has 38 heavy (non-hydrogen) atoms. The van der Waals surface area contributed by atoms with Crippen LogP contribution in [0.1, 0.15) is 42.5 Å². The van der Waals surface area contributed by atoms with E-state index in [2.05, 4.69) is 5.32 Å². The summed E-state index contributed by atoms with van der Waals surface area (Å²) in [7, 11) is -3.76. The number of nitrogens with zero attached hydrogens (tertiary/aromatic N) is 2. The third-order valence-corrected chi connectivity index (χ3v) is 7.27. The van der Waals surface area contributed by atoms with Crippen LogP contribution in [0.25, 0.3) is 0 Å². The van der Waals surface area contributed by atoms with Crippen molar-refractivity contribution < 1.29 is 22.4 Å². The number of rotatable bonds is 13. The molecule has 0 radical (unpaired) electrons. The van der Waals surface area contributed by atoms with Crippen molar-refractivity contribution in [1.82, 2.24) is 14.5 Å². The topological polar surface area (TPSA) is 86.8 Å². The van der Waals surface area contributed by atoms with Crippen molar-refractivity contribution in [2.24, 2.45) is 0 Å². The molecular weight excluding hydrogens is 505 g/mol. The largest absolute Gasteiger partial charge is 0.354 e. The molecule has 1 N–H and O–H groups in total. The standard InChI is InChI=1S/C29H34FN3O4S/c1-3-4-19-31-29(35)28(25-13-9-6-10-14-25)33(21-24-15-17-26(30)18-16-24)27(34)22-32(38(2,36)37)20-23-11-7-5-8-12-23/h5-18,28H,3-4,19-22H2,1-2H3,(H,31,35). The van der Waals surface area contributed by atoms with Crippen molar-refractivity contribution >= 4 is 21.8 Å². The second-order valence-electron chi connectivity index (χ2n) is 9.12. The molecule has 0 aliphatic carbocycles. The van der Waals surface area contributed by atoms with E-state index in [4.69, 9.17) is 0 Å². The van der Waals surface area contributed by atoms with Crippen molar-refractivity contribution in [3.8, 4) is 0 Å². The van der Waals surface area contributed by atoms with Crippen LogP contribution in [0.3, 0.4) is 0 Å². The van der Waals surface area contributed by atoms with E-state index < -0.39 is 34.3 Å². The van der Waals surface area contributed by atoms with Crippen LogP contribution in [0.15, 0.2) is 84.9 Å². The van der Waals surface area contributed by atoms with E-state index >= 15 is 0 Å². The van der Waals surface area contributed by atoms with Gasteiger partial charge in [-0.3, -0.25) is 9.59 Å². The lowest BCUT2D eigenvalue weighted by atomic mass is 10.0. The predicted octanol–water partition coefficient (Wildman–Crippen LogP) is 4.27. The van der Waals surface area contributed by atoms with Gasteiger partial charge >= 0.3 is 0 Å². The summed E-state index contributed by atoms with van der Waals surface area (Å²) in [5.41, 5.74) is 1.93. The van der Waals surface area contributed by atoms with Crippen LogP contribution in [0.4, 0.5) is 4.39 Å². The van der Waals surface area contributed by atoms with Crippen LogP contribution in [0.2, 0.25) is 0 Å². The normalized spacial score (nSPS) is 12.2. The lowest BCUT2D eigenvalue weighted by Gasteiger charge is -2.33. The van der Waals surface area contributed by atoms with Crippen molar-refractivity contribution in [1.29, 1.82) is 0 Å². The van der Waals surface area contributed by atoms with Crippen molar-refractivity contribution in [2.45, 2.75) is 38.9 Å². The molecule has 9 heteroatoms. The maximum atomic E-state index is 13.9. The van der Waals surface area contributed by atoms with Gasteiger partial charge in [-0.2, -0.15) is 4.31 Å². The predicted molar refractivity (Wildman–Crippen MR) is 146 cm³/mol. The van der Waals surface area contributed by atoms with E-state index in [0.29, 0.717) is 17.7 Å². The Morgan fingerprint density at radius 1 is 0.868 bits per heavy atom. The number of hydrogen-bond acceptors (Lipinski definition) is 4. The molecule has 0 spiro atoms. The van der Waals surface area contributed by atoms with Crippen LogP contribution in [-0.4, -0.2) is 48.8 Å². The van der Waals surface area contributed by atoms with Crippen molar-refractivity contribution in [2.75, 3.05) is 19.3 Å². The molecule has 0 saturated heterocycles. The highest BCUT2D eigenvalue weighted by Crippen LogP contribution is 2.25. The summed E-state index contributed by atoms with van der Waals surface area (Å²) in [6.45, 7) is 2.00. The summed E-state index contributed by atoms with van der Waals surface area (Å²) in [4.78, 5) is 28.7. The summed E-state index contributed by atoms with van der Waals surface area (Å²) in [6, 6.07) is 22.5. The third kappa shape index (κ3) is 8.49. The highest BCUT2D eigenvalue weighted by Gasteiger charge is 2.33. The Balaban J connectivity index is 1.99. The molecule has 0 saturated carbocycles. The first kappa shape index (κ1) is 29.0. The van der Waals surface area contributed by atoms with Gasteiger partial charge in [0.1, 0.15) is 11.9 Å². The summed E-state index contributed by atoms with van der Waals surface area (Å²) in [5, 5.41) is 2.91. The van der Waals surface area contributed by atoms with Crippen LogP contribution < -0.4 is 5.32 Å². The van der Waals surface area contributed by atoms with Gasteiger partial charge in [-0.15, -0.1) is 0 Å². The Morgan fingerprint density at radius 2 is 1.45 bits per heavy atom. The lowest BCUT2D eigenvalue weighted by Crippen LogP contribution is -2.47. The molecule has 3 rings (SSSR count). The number of unbranched alkanes of at least 4 members (excludes halogenated alkanes) is 1. The molecule has 1 unspecified atom stereocenters. The van der Waals surface area contributed by atoms with Gasteiger partial charge in [-0.05, 0) is 35.2 Å². The van der Waals surface area contributed by atoms with Crippen molar-refractivity contribution in [3.05, 3.63) is 107 Å². The van der Waals surface area contributed by atoms with Gasteiger partial charge in [0.25, 0.3) is 0 Å². The van der Waals surface area contributed by atoms with E-state index in [1.54, 1.807) is 60.7 Å². The fourth-order valence-corrected chi connectivity index (χ4v) is 4.75. The van der Waals surface area contributed by atoms with Gasteiger partial charge in [0.2, 0.25) is 21.8 Å². The number of halogens is 1. The van der Waals surface area contributed by atoms with Gasteiger partial charge in [0, 0.05) is 19.6 Å². The van der Waals surface area contributed by atoms with Gasteiger partial charge in [-0.1, -0.05) is 86.1 Å². The van der Waals surface area contributed by atoms with Crippen LogP contribution in [0, 0.1) is 5.82 Å². The van der Waals surface area contributed by atoms with E-state index in [1.165, 1.54) is 17.0 Å². The summed E-state index contributed by atoms with van der Waals surface area (Å²) >= 11 is 0. The second-order valence-corrected chi connectivity index (χ2v) is 11.1. The Bertz CT molecular complexity index is 1290. The zero-order chi connectivity index (χ0) is 27.5. The average molecular weight is 540 g/mol. The quantitative estimate of drug-likeness (QED) is 0.329. The summed E-state index contributed by atoms with van der Waals surface area (Å²) in [5.74, 6) is -1.33. The summed E-state index contributed by atoms with van der Waals surface area (Å²) in [6.07, 6.45) is 2.72. The van der Waals surface area contributed by atoms with Gasteiger partial charge < -0.3 is 10.2 Å². The van der Waals surface area contributed by atoms with Gasteiger partial charge in [0.15, 0.2) is 0 Å². The summed E-state index contributed by atoms with van der Waals surface area (Å²) < 4.78 is 40.0. The molecule has 2 amide bonds. The number of carbonyl (C=O) groups excluding carboxylic acids is 2. The van der Waals surface area contributed by atoms with Gasteiger partial charge in [0.05, 0.1) is 12.8 Å². The Kier molecular flexibility index (Phi) is 10.6. The first-order chi connectivity index (χ1) is 18.2. The molecule has 3 aromatic carbocycles. The maximum Gasteiger partial charge on any atom is 0.247 e. The molecule has 0 fully saturated rings. The number of carbonyl (C=O) groups is 2. The highest BCUT2D eigenvalue weighted by atomic mass is 32.2. The minimum atomic E-state index is -3.76. The van der Waals surface area contributed by atoms with Crippen LogP contribution in [-0.2, 0) is 32.7 Å². The van der Waals surface area contributed by atoms with E-state index in [9.17, 15) is 22.4 Å². The molecule has 0 aliphatic heterocycles. The SMILES string of the molecule is CCCCNC(=O)C(c1ccccc1)N(Cc1ccc(F)cc1)C(=O)CN(Cc1ccccc1)S(C)(=O)=O. The minimum Gasteiger partial charge on any atom is -0.354 e. The Labute approximate surface area is 224 Å². The number of hydrogen-bond donors (Lipinski definition) is 1. The molecule has 0 aromatic heterocycles. The monoisotopic (exact) mass is 539 g/mol. The Morgan fingerprint density at radius 3 is 2.03 bits per heavy atom. The van der Waals surface area contributed by atoms with E-state index in [0.717, 1.165) is 29.0 Å². The number of sulfonamides is 1. The maximum absolute atomic E-state index is 13.9. The van der Waals surface area contributed by atoms with Gasteiger partial charge in [-0.25, -0.2) is 12.8 Å². The van der Waals surface area contributed by atoms with Crippen LogP contribution >= 0.6 is 0 Å². The molecule has 0 bridgehead atoms. The average Bonchev–Trinajstić information content (AvgIpc) is 2.90. The molecule has 1 atom stereocenters. The first-order valence-corrected chi connectivity index (χ1v) is 14.4. The number of benzene rings is 3. The zero-order valence-electron chi connectivity index (χ0n) is 21.7. The van der Waals surface area contributed by atoms with Crippen LogP contribution in [0.5, 0.6) is 0 Å². The molecular formula is C29H34FN3O4S. The molecule has 202 valence electrons. The second kappa shape index (κ2) is 13.8.